The second-order valence-corrected chi connectivity index (χ2v) is 5.12. The number of methoxy groups -OCH3 is 1. The summed E-state index contributed by atoms with van der Waals surface area (Å²) in [6.07, 6.45) is 4.73. The average Bonchev–Trinajstić information content (AvgIpc) is 2.98. The lowest BCUT2D eigenvalue weighted by molar-refractivity contribution is 0.273. The van der Waals surface area contributed by atoms with Crippen molar-refractivity contribution in [1.29, 1.82) is 0 Å². The van der Waals surface area contributed by atoms with Crippen LogP contribution in [0.2, 0.25) is 0 Å². The number of benzene rings is 1. The van der Waals surface area contributed by atoms with Gasteiger partial charge in [-0.2, -0.15) is 0 Å². The predicted octanol–water partition coefficient (Wildman–Crippen LogP) is 1.75. The Labute approximate surface area is 129 Å². The first-order valence-corrected chi connectivity index (χ1v) is 7.33. The Hall–Kier alpha value is -2.50. The van der Waals surface area contributed by atoms with Crippen molar-refractivity contribution in [2.75, 3.05) is 20.2 Å². The van der Waals surface area contributed by atoms with E-state index < -0.39 is 0 Å². The Balaban J connectivity index is 1.77. The van der Waals surface area contributed by atoms with E-state index in [9.17, 15) is 0 Å². The van der Waals surface area contributed by atoms with Crippen LogP contribution in [0.1, 0.15) is 17.8 Å². The summed E-state index contributed by atoms with van der Waals surface area (Å²) in [5, 5.41) is 3.31. The molecule has 1 aromatic carbocycles. The van der Waals surface area contributed by atoms with Crippen molar-refractivity contribution in [3.05, 3.63) is 42.0 Å². The summed E-state index contributed by atoms with van der Waals surface area (Å²) in [6.45, 7) is 2.22. The molecule has 0 bridgehead atoms. The van der Waals surface area contributed by atoms with Crippen LogP contribution in [0.5, 0.6) is 11.5 Å². The maximum Gasteiger partial charge on any atom is 0.161 e. The van der Waals surface area contributed by atoms with Gasteiger partial charge >= 0.3 is 0 Å². The van der Waals surface area contributed by atoms with Gasteiger partial charge in [-0.1, -0.05) is 0 Å². The van der Waals surface area contributed by atoms with Gasteiger partial charge in [0, 0.05) is 38.1 Å². The monoisotopic (exact) mass is 300 g/mol. The topological polar surface area (TPSA) is 60.7 Å². The van der Waals surface area contributed by atoms with Gasteiger partial charge in [-0.25, -0.2) is 4.98 Å². The summed E-state index contributed by atoms with van der Waals surface area (Å²) in [4.78, 5) is 8.74. The first kappa shape index (κ1) is 14.4. The minimum Gasteiger partial charge on any atom is -0.493 e. The summed E-state index contributed by atoms with van der Waals surface area (Å²) in [6, 6.07) is 5.86. The number of aliphatic imine (C=N–C) groups is 1. The van der Waals surface area contributed by atoms with Crippen molar-refractivity contribution < 1.29 is 9.47 Å². The Morgan fingerprint density at radius 1 is 1.32 bits per heavy atom. The van der Waals surface area contributed by atoms with Crippen molar-refractivity contribution in [3.63, 3.8) is 0 Å². The minimum absolute atomic E-state index is 0.401. The van der Waals surface area contributed by atoms with Crippen molar-refractivity contribution in [1.82, 2.24) is 14.9 Å². The molecule has 116 valence electrons. The Morgan fingerprint density at radius 2 is 2.23 bits per heavy atom. The highest BCUT2D eigenvalue weighted by atomic mass is 16.5. The second kappa shape index (κ2) is 6.51. The number of ether oxygens (including phenoxy) is 2. The molecule has 0 saturated carbocycles. The SMILES string of the molecule is COc1cc(C2=NCCCN2)ccc1OCc1nccn1C. The van der Waals surface area contributed by atoms with E-state index in [1.54, 1.807) is 13.3 Å². The van der Waals surface area contributed by atoms with Crippen LogP contribution in [0.25, 0.3) is 0 Å². The highest BCUT2D eigenvalue weighted by Crippen LogP contribution is 2.29. The average molecular weight is 300 g/mol. The predicted molar refractivity (Wildman–Crippen MR) is 84.6 cm³/mol. The van der Waals surface area contributed by atoms with Gasteiger partial charge in [0.2, 0.25) is 0 Å². The lowest BCUT2D eigenvalue weighted by atomic mass is 10.1. The molecular formula is C16H20N4O2. The van der Waals surface area contributed by atoms with Crippen molar-refractivity contribution in [2.24, 2.45) is 12.0 Å². The van der Waals surface area contributed by atoms with Crippen LogP contribution in [0.15, 0.2) is 35.6 Å². The maximum absolute atomic E-state index is 5.83. The summed E-state index contributed by atoms with van der Waals surface area (Å²) in [5.41, 5.74) is 1.01. The molecule has 1 N–H and O–H groups in total. The number of hydrogen-bond donors (Lipinski definition) is 1. The second-order valence-electron chi connectivity index (χ2n) is 5.12. The number of imidazole rings is 1. The van der Waals surface area contributed by atoms with Gasteiger partial charge in [-0.15, -0.1) is 0 Å². The number of rotatable bonds is 5. The van der Waals surface area contributed by atoms with Crippen LogP contribution in [-0.4, -0.2) is 35.6 Å². The lowest BCUT2D eigenvalue weighted by Crippen LogP contribution is -2.30. The minimum atomic E-state index is 0.401. The molecule has 0 spiro atoms. The molecule has 0 radical (unpaired) electrons. The molecule has 0 unspecified atom stereocenters. The summed E-state index contributed by atoms with van der Waals surface area (Å²) < 4.78 is 13.2. The third kappa shape index (κ3) is 3.05. The molecule has 0 amide bonds. The molecule has 6 heteroatoms. The standard InChI is InChI=1S/C16H20N4O2/c1-20-9-8-17-15(20)11-22-13-5-4-12(10-14(13)21-2)16-18-6-3-7-19-16/h4-5,8-10H,3,6-7,11H2,1-2H3,(H,18,19). The molecule has 3 rings (SSSR count). The summed E-state index contributed by atoms with van der Waals surface area (Å²) in [7, 11) is 3.59. The molecule has 1 aliphatic rings. The zero-order valence-electron chi connectivity index (χ0n) is 12.9. The fraction of sp³-hybridized carbons (Fsp3) is 0.375. The molecule has 2 heterocycles. The van der Waals surface area contributed by atoms with Gasteiger partial charge in [-0.3, -0.25) is 4.99 Å². The number of nitrogens with zero attached hydrogens (tertiary/aromatic N) is 3. The van der Waals surface area contributed by atoms with Gasteiger partial charge < -0.3 is 19.4 Å². The summed E-state index contributed by atoms with van der Waals surface area (Å²) in [5.74, 6) is 3.18. The normalized spacial score (nSPS) is 14.2. The zero-order valence-corrected chi connectivity index (χ0v) is 12.9. The third-order valence-electron chi connectivity index (χ3n) is 3.61. The molecule has 0 atom stereocenters. The van der Waals surface area contributed by atoms with Crippen LogP contribution in [-0.2, 0) is 13.7 Å². The van der Waals surface area contributed by atoms with Crippen LogP contribution in [0.4, 0.5) is 0 Å². The first-order valence-electron chi connectivity index (χ1n) is 7.33. The Morgan fingerprint density at radius 3 is 2.91 bits per heavy atom. The van der Waals surface area contributed by atoms with E-state index in [0.29, 0.717) is 18.1 Å². The molecule has 6 nitrogen and oxygen atoms in total. The Bertz CT molecular complexity index is 679. The Kier molecular flexibility index (Phi) is 4.27. The molecule has 22 heavy (non-hydrogen) atoms. The highest BCUT2D eigenvalue weighted by Gasteiger charge is 2.12. The lowest BCUT2D eigenvalue weighted by Gasteiger charge is -2.16. The fourth-order valence-corrected chi connectivity index (χ4v) is 2.34. The number of aryl methyl sites for hydroxylation is 1. The van der Waals surface area contributed by atoms with Crippen LogP contribution in [0.3, 0.4) is 0 Å². The smallest absolute Gasteiger partial charge is 0.161 e. The first-order chi connectivity index (χ1) is 10.8. The van der Waals surface area contributed by atoms with E-state index in [-0.39, 0.29) is 0 Å². The number of amidine groups is 1. The summed E-state index contributed by atoms with van der Waals surface area (Å²) >= 11 is 0. The van der Waals surface area contributed by atoms with E-state index in [1.807, 2.05) is 36.0 Å². The molecule has 0 fully saturated rings. The molecule has 1 aromatic heterocycles. The van der Waals surface area contributed by atoms with Crippen LogP contribution >= 0.6 is 0 Å². The van der Waals surface area contributed by atoms with E-state index in [4.69, 9.17) is 9.47 Å². The molecule has 2 aromatic rings. The van der Waals surface area contributed by atoms with Crippen LogP contribution < -0.4 is 14.8 Å². The third-order valence-corrected chi connectivity index (χ3v) is 3.61. The van der Waals surface area contributed by atoms with Gasteiger partial charge in [0.05, 0.1) is 7.11 Å². The van der Waals surface area contributed by atoms with Crippen molar-refractivity contribution >= 4 is 5.84 Å². The van der Waals surface area contributed by atoms with E-state index in [1.165, 1.54) is 0 Å². The molecular weight excluding hydrogens is 280 g/mol. The fourth-order valence-electron chi connectivity index (χ4n) is 2.34. The number of aromatic nitrogens is 2. The van der Waals surface area contributed by atoms with Crippen molar-refractivity contribution in [2.45, 2.75) is 13.0 Å². The van der Waals surface area contributed by atoms with Gasteiger partial charge in [0.25, 0.3) is 0 Å². The zero-order chi connectivity index (χ0) is 15.4. The highest BCUT2D eigenvalue weighted by molar-refractivity contribution is 5.99. The quantitative estimate of drug-likeness (QED) is 0.914. The number of hydrogen-bond acceptors (Lipinski definition) is 5. The van der Waals surface area contributed by atoms with Crippen LogP contribution in [0, 0.1) is 0 Å². The maximum atomic E-state index is 5.83. The molecule has 0 aliphatic carbocycles. The molecule has 0 saturated heterocycles. The molecule has 1 aliphatic heterocycles. The largest absolute Gasteiger partial charge is 0.493 e. The van der Waals surface area contributed by atoms with E-state index >= 15 is 0 Å². The van der Waals surface area contributed by atoms with Gasteiger partial charge in [-0.05, 0) is 24.6 Å². The number of nitrogens with one attached hydrogen (secondary N) is 1. The van der Waals surface area contributed by atoms with Gasteiger partial charge in [0.1, 0.15) is 18.3 Å². The van der Waals surface area contributed by atoms with Gasteiger partial charge in [0.15, 0.2) is 11.5 Å². The van der Waals surface area contributed by atoms with E-state index in [2.05, 4.69) is 15.3 Å². The van der Waals surface area contributed by atoms with E-state index in [0.717, 1.165) is 36.7 Å². The van der Waals surface area contributed by atoms with Crippen molar-refractivity contribution in [3.8, 4) is 11.5 Å².